The maximum absolute atomic E-state index is 11.6. The van der Waals surface area contributed by atoms with E-state index in [1.165, 1.54) is 24.3 Å². The van der Waals surface area contributed by atoms with E-state index >= 15 is 0 Å². The predicted octanol–water partition coefficient (Wildman–Crippen LogP) is 0.997. The van der Waals surface area contributed by atoms with Crippen molar-refractivity contribution in [2.45, 2.75) is 12.8 Å². The first-order valence-electron chi connectivity index (χ1n) is 5.66. The van der Waals surface area contributed by atoms with E-state index in [-0.39, 0.29) is 24.1 Å². The number of carbonyl (C=O) groups is 4. The van der Waals surface area contributed by atoms with E-state index in [9.17, 15) is 19.2 Å². The minimum atomic E-state index is -1.23. The Morgan fingerprint density at radius 1 is 1.15 bits per heavy atom. The normalized spacial score (nSPS) is 14.3. The van der Waals surface area contributed by atoms with E-state index in [0.29, 0.717) is 5.06 Å². The van der Waals surface area contributed by atoms with Crippen LogP contribution in [0.1, 0.15) is 23.2 Å². The highest BCUT2D eigenvalue weighted by molar-refractivity contribution is 6.03. The van der Waals surface area contributed by atoms with Gasteiger partial charge in [-0.05, 0) is 12.1 Å². The lowest BCUT2D eigenvalue weighted by molar-refractivity contribution is -0.170. The van der Waals surface area contributed by atoms with Gasteiger partial charge in [0.25, 0.3) is 11.8 Å². The van der Waals surface area contributed by atoms with Gasteiger partial charge in [0.15, 0.2) is 0 Å². The second kappa shape index (κ2) is 5.39. The second-order valence-corrected chi connectivity index (χ2v) is 3.94. The Bertz CT molecular complexity index is 581. The number of anilines is 1. The minimum Gasteiger partial charge on any atom is -0.478 e. The summed E-state index contributed by atoms with van der Waals surface area (Å²) in [5, 5.41) is 11.5. The van der Waals surface area contributed by atoms with Crippen molar-refractivity contribution >= 4 is 29.6 Å². The van der Waals surface area contributed by atoms with Gasteiger partial charge >= 0.3 is 12.1 Å². The molecule has 20 heavy (non-hydrogen) atoms. The van der Waals surface area contributed by atoms with Gasteiger partial charge in [0.05, 0.1) is 11.3 Å². The molecule has 0 saturated carbocycles. The van der Waals surface area contributed by atoms with Gasteiger partial charge in [0, 0.05) is 12.8 Å². The van der Waals surface area contributed by atoms with Crippen LogP contribution in [0.25, 0.3) is 0 Å². The van der Waals surface area contributed by atoms with Crippen molar-refractivity contribution in [1.82, 2.24) is 5.06 Å². The maximum Gasteiger partial charge on any atom is 0.436 e. The fourth-order valence-corrected chi connectivity index (χ4v) is 1.65. The zero-order chi connectivity index (χ0) is 14.7. The summed E-state index contributed by atoms with van der Waals surface area (Å²) in [6.07, 6.45) is -1.14. The number of hydrogen-bond acceptors (Lipinski definition) is 5. The van der Waals surface area contributed by atoms with Crippen molar-refractivity contribution in [3.8, 4) is 0 Å². The summed E-state index contributed by atoms with van der Waals surface area (Å²) in [6.45, 7) is 0. The number of nitrogens with one attached hydrogen (secondary N) is 1. The number of aromatic carboxylic acids is 1. The number of carboxylic acids is 1. The first-order valence-corrected chi connectivity index (χ1v) is 5.66. The van der Waals surface area contributed by atoms with Gasteiger partial charge in [-0.25, -0.2) is 9.59 Å². The van der Waals surface area contributed by atoms with Crippen LogP contribution in [0.15, 0.2) is 24.3 Å². The molecule has 8 nitrogen and oxygen atoms in total. The van der Waals surface area contributed by atoms with Crippen molar-refractivity contribution in [2.24, 2.45) is 0 Å². The SMILES string of the molecule is O=C(Nc1ccccc1C(=O)O)ON1C(=O)CCC1=O. The summed E-state index contributed by atoms with van der Waals surface area (Å²) in [5.74, 6) is -2.46. The Kier molecular flexibility index (Phi) is 3.65. The molecular formula is C12H10N2O6. The summed E-state index contributed by atoms with van der Waals surface area (Å²) in [5.41, 5.74) is -0.132. The van der Waals surface area contributed by atoms with Crippen LogP contribution in [-0.4, -0.2) is 34.0 Å². The number of para-hydroxylation sites is 1. The first-order chi connectivity index (χ1) is 9.49. The lowest BCUT2D eigenvalue weighted by atomic mass is 10.2. The number of benzene rings is 1. The summed E-state index contributed by atoms with van der Waals surface area (Å²) in [4.78, 5) is 49.6. The molecule has 104 valence electrons. The molecule has 0 spiro atoms. The molecule has 1 aliphatic heterocycles. The van der Waals surface area contributed by atoms with Crippen LogP contribution < -0.4 is 5.32 Å². The van der Waals surface area contributed by atoms with E-state index in [2.05, 4.69) is 10.2 Å². The Balaban J connectivity index is 2.07. The zero-order valence-corrected chi connectivity index (χ0v) is 10.2. The van der Waals surface area contributed by atoms with E-state index in [1.54, 1.807) is 0 Å². The van der Waals surface area contributed by atoms with E-state index < -0.39 is 23.9 Å². The number of nitrogens with zero attached hydrogens (tertiary/aromatic N) is 1. The highest BCUT2D eigenvalue weighted by Gasteiger charge is 2.33. The lowest BCUT2D eigenvalue weighted by Gasteiger charge is -2.13. The average molecular weight is 278 g/mol. The number of hydrogen-bond donors (Lipinski definition) is 2. The second-order valence-electron chi connectivity index (χ2n) is 3.94. The number of amides is 3. The summed E-state index contributed by atoms with van der Waals surface area (Å²) < 4.78 is 0. The van der Waals surface area contributed by atoms with Crippen LogP contribution in [0.4, 0.5) is 10.5 Å². The highest BCUT2D eigenvalue weighted by atomic mass is 16.7. The van der Waals surface area contributed by atoms with E-state index in [4.69, 9.17) is 5.11 Å². The van der Waals surface area contributed by atoms with E-state index in [0.717, 1.165) is 0 Å². The molecule has 1 aliphatic rings. The van der Waals surface area contributed by atoms with Gasteiger partial charge < -0.3 is 9.94 Å². The molecule has 0 radical (unpaired) electrons. The largest absolute Gasteiger partial charge is 0.478 e. The molecule has 0 aliphatic carbocycles. The van der Waals surface area contributed by atoms with Gasteiger partial charge in [-0.15, -0.1) is 5.06 Å². The third kappa shape index (κ3) is 2.74. The zero-order valence-electron chi connectivity index (χ0n) is 10.2. The molecule has 1 saturated heterocycles. The van der Waals surface area contributed by atoms with Gasteiger partial charge in [-0.3, -0.25) is 14.9 Å². The number of carbonyl (C=O) groups excluding carboxylic acids is 3. The fraction of sp³-hybridized carbons (Fsp3) is 0.167. The standard InChI is InChI=1S/C12H10N2O6/c15-9-5-6-10(16)14(9)20-12(19)13-8-4-2-1-3-7(8)11(17)18/h1-4H,5-6H2,(H,13,19)(H,17,18). The molecule has 0 bridgehead atoms. The quantitative estimate of drug-likeness (QED) is 0.797. The first kappa shape index (κ1) is 13.5. The lowest BCUT2D eigenvalue weighted by Crippen LogP contribution is -2.34. The molecule has 1 aromatic rings. The van der Waals surface area contributed by atoms with Gasteiger partial charge in [-0.2, -0.15) is 0 Å². The molecular weight excluding hydrogens is 268 g/mol. The number of carboxylic acid groups (broad SMARTS) is 1. The molecule has 0 aromatic heterocycles. The molecule has 0 unspecified atom stereocenters. The molecule has 1 fully saturated rings. The third-order valence-corrected chi connectivity index (χ3v) is 2.57. The predicted molar refractivity (Wildman–Crippen MR) is 64.6 cm³/mol. The minimum absolute atomic E-state index is 0.00379. The average Bonchev–Trinajstić information content (AvgIpc) is 2.71. The van der Waals surface area contributed by atoms with Crippen molar-refractivity contribution in [1.29, 1.82) is 0 Å². The van der Waals surface area contributed by atoms with Crippen molar-refractivity contribution in [2.75, 3.05) is 5.32 Å². The molecule has 2 N–H and O–H groups in total. The van der Waals surface area contributed by atoms with Crippen LogP contribution in [0.3, 0.4) is 0 Å². The smallest absolute Gasteiger partial charge is 0.436 e. The van der Waals surface area contributed by atoms with Crippen LogP contribution in [0.2, 0.25) is 0 Å². The van der Waals surface area contributed by atoms with Gasteiger partial charge in [0.1, 0.15) is 0 Å². The van der Waals surface area contributed by atoms with Crippen molar-refractivity contribution < 1.29 is 29.1 Å². The van der Waals surface area contributed by atoms with Gasteiger partial charge in [-0.1, -0.05) is 12.1 Å². The summed E-state index contributed by atoms with van der Waals surface area (Å²) >= 11 is 0. The Morgan fingerprint density at radius 3 is 2.35 bits per heavy atom. The van der Waals surface area contributed by atoms with Crippen LogP contribution in [-0.2, 0) is 14.4 Å². The number of imide groups is 1. The monoisotopic (exact) mass is 278 g/mol. The van der Waals surface area contributed by atoms with Crippen LogP contribution >= 0.6 is 0 Å². The Labute approximate surface area is 112 Å². The highest BCUT2D eigenvalue weighted by Crippen LogP contribution is 2.17. The number of hydroxylamine groups is 2. The molecule has 1 heterocycles. The van der Waals surface area contributed by atoms with Crippen molar-refractivity contribution in [3.63, 3.8) is 0 Å². The van der Waals surface area contributed by atoms with Crippen LogP contribution in [0.5, 0.6) is 0 Å². The topological polar surface area (TPSA) is 113 Å². The summed E-state index contributed by atoms with van der Waals surface area (Å²) in [7, 11) is 0. The maximum atomic E-state index is 11.6. The molecule has 8 heteroatoms. The fourth-order valence-electron chi connectivity index (χ4n) is 1.65. The molecule has 0 atom stereocenters. The Hall–Kier alpha value is -2.90. The molecule has 2 rings (SSSR count). The number of rotatable bonds is 3. The Morgan fingerprint density at radius 2 is 1.75 bits per heavy atom. The third-order valence-electron chi connectivity index (χ3n) is 2.57. The summed E-state index contributed by atoms with van der Waals surface area (Å²) in [6, 6.07) is 5.67. The van der Waals surface area contributed by atoms with Crippen molar-refractivity contribution in [3.05, 3.63) is 29.8 Å². The van der Waals surface area contributed by atoms with E-state index in [1.807, 2.05) is 0 Å². The molecule has 3 amide bonds. The van der Waals surface area contributed by atoms with Crippen LogP contribution in [0, 0.1) is 0 Å². The molecule has 1 aromatic carbocycles. The van der Waals surface area contributed by atoms with Gasteiger partial charge in [0.2, 0.25) is 0 Å².